The number of ether oxygens (including phenoxy) is 1. The predicted molar refractivity (Wildman–Crippen MR) is 71.7 cm³/mol. The number of benzene rings is 1. The largest absolute Gasteiger partial charge is 0.464 e. The third-order valence-corrected chi connectivity index (χ3v) is 3.53. The molecular weight excluding hydrogens is 242 g/mol. The van der Waals surface area contributed by atoms with Crippen LogP contribution in [0.15, 0.2) is 30.3 Å². The van der Waals surface area contributed by atoms with E-state index in [4.69, 9.17) is 4.74 Å². The molecule has 4 nitrogen and oxygen atoms in total. The first-order chi connectivity index (χ1) is 9.29. The maximum Gasteiger partial charge on any atom is 0.293 e. The molecule has 0 spiro atoms. The Kier molecular flexibility index (Phi) is 5.10. The van der Waals surface area contributed by atoms with Gasteiger partial charge in [0.1, 0.15) is 11.9 Å². The lowest BCUT2D eigenvalue weighted by atomic mass is 9.89. The first-order valence-corrected chi connectivity index (χ1v) is 6.66. The van der Waals surface area contributed by atoms with Crippen molar-refractivity contribution in [3.63, 3.8) is 0 Å². The summed E-state index contributed by atoms with van der Waals surface area (Å²) in [6.45, 7) is 1.78. The van der Waals surface area contributed by atoms with Crippen molar-refractivity contribution in [3.05, 3.63) is 35.9 Å². The van der Waals surface area contributed by atoms with Crippen molar-refractivity contribution in [1.82, 2.24) is 5.32 Å². The topological polar surface area (TPSA) is 55.4 Å². The summed E-state index contributed by atoms with van der Waals surface area (Å²) >= 11 is 0. The van der Waals surface area contributed by atoms with Gasteiger partial charge in [-0.1, -0.05) is 30.3 Å². The molecular formula is C15H19NO3. The van der Waals surface area contributed by atoms with Crippen LogP contribution < -0.4 is 5.32 Å². The van der Waals surface area contributed by atoms with Crippen LogP contribution in [0.25, 0.3) is 0 Å². The monoisotopic (exact) mass is 261 g/mol. The predicted octanol–water partition coefficient (Wildman–Crippen LogP) is 1.34. The lowest BCUT2D eigenvalue weighted by molar-refractivity contribution is -0.136. The maximum absolute atomic E-state index is 11.8. The molecule has 1 heterocycles. The number of rotatable bonds is 6. The molecule has 1 N–H and O–H groups in total. The van der Waals surface area contributed by atoms with Gasteiger partial charge < -0.3 is 10.1 Å². The Hall–Kier alpha value is -1.68. The van der Waals surface area contributed by atoms with E-state index in [0.717, 1.165) is 18.5 Å². The Balaban J connectivity index is 1.95. The highest BCUT2D eigenvalue weighted by atomic mass is 16.5. The van der Waals surface area contributed by atoms with Gasteiger partial charge in [0.05, 0.1) is 6.54 Å². The minimum Gasteiger partial charge on any atom is -0.464 e. The van der Waals surface area contributed by atoms with E-state index in [1.807, 2.05) is 30.3 Å². The summed E-state index contributed by atoms with van der Waals surface area (Å²) in [5, 5.41) is 3.06. The van der Waals surface area contributed by atoms with Crippen LogP contribution in [-0.2, 0) is 20.7 Å². The summed E-state index contributed by atoms with van der Waals surface area (Å²) in [4.78, 5) is 22.4. The van der Waals surface area contributed by atoms with Gasteiger partial charge in [0.15, 0.2) is 0 Å². The highest BCUT2D eigenvalue weighted by Gasteiger charge is 2.26. The average molecular weight is 261 g/mol. The number of carbonyl (C=O) groups excluding carboxylic acids is 2. The van der Waals surface area contributed by atoms with Crippen molar-refractivity contribution in [2.24, 2.45) is 5.92 Å². The fourth-order valence-corrected chi connectivity index (χ4v) is 2.50. The van der Waals surface area contributed by atoms with Crippen LogP contribution in [0.1, 0.15) is 18.4 Å². The number of Topliss-reactive ketones (excluding diaryl/α,β-unsaturated/α-hetero) is 1. The van der Waals surface area contributed by atoms with Gasteiger partial charge in [0.2, 0.25) is 0 Å². The van der Waals surface area contributed by atoms with Crippen LogP contribution in [-0.4, -0.2) is 31.4 Å². The van der Waals surface area contributed by atoms with Crippen molar-refractivity contribution in [2.75, 3.05) is 13.1 Å². The summed E-state index contributed by atoms with van der Waals surface area (Å²) in [5.74, 6) is 0.230. The van der Waals surface area contributed by atoms with Gasteiger partial charge in [-0.05, 0) is 24.9 Å². The smallest absolute Gasteiger partial charge is 0.293 e. The molecule has 0 bridgehead atoms. The van der Waals surface area contributed by atoms with Crippen LogP contribution in [0, 0.1) is 5.92 Å². The van der Waals surface area contributed by atoms with Gasteiger partial charge in [-0.3, -0.25) is 9.59 Å². The molecule has 1 aliphatic heterocycles. The van der Waals surface area contributed by atoms with E-state index < -0.39 is 0 Å². The average Bonchev–Trinajstić information content (AvgIpc) is 2.43. The van der Waals surface area contributed by atoms with Crippen LogP contribution in [0.3, 0.4) is 0 Å². The summed E-state index contributed by atoms with van der Waals surface area (Å²) in [6.07, 6.45) is 1.89. The number of piperidine rings is 1. The second-order valence-electron chi connectivity index (χ2n) is 4.91. The number of carbonyl (C=O) groups is 2. The fourth-order valence-electron chi connectivity index (χ4n) is 2.50. The molecule has 2 unspecified atom stereocenters. The van der Waals surface area contributed by atoms with Crippen molar-refractivity contribution < 1.29 is 14.3 Å². The first kappa shape index (κ1) is 13.7. The lowest BCUT2D eigenvalue weighted by Crippen LogP contribution is -2.38. The van der Waals surface area contributed by atoms with Crippen LogP contribution in [0.4, 0.5) is 0 Å². The molecule has 0 saturated carbocycles. The van der Waals surface area contributed by atoms with E-state index in [0.29, 0.717) is 25.9 Å². The van der Waals surface area contributed by atoms with Gasteiger partial charge in [-0.2, -0.15) is 0 Å². The molecule has 0 radical (unpaired) electrons. The summed E-state index contributed by atoms with van der Waals surface area (Å²) in [6, 6.07) is 9.89. The molecule has 1 saturated heterocycles. The zero-order chi connectivity index (χ0) is 13.5. The molecule has 2 rings (SSSR count). The number of ketones is 1. The molecule has 102 valence electrons. The zero-order valence-corrected chi connectivity index (χ0v) is 10.9. The van der Waals surface area contributed by atoms with E-state index in [-0.39, 0.29) is 17.8 Å². The van der Waals surface area contributed by atoms with Crippen molar-refractivity contribution in [1.29, 1.82) is 0 Å². The van der Waals surface area contributed by atoms with Crippen LogP contribution >= 0.6 is 0 Å². The molecule has 19 heavy (non-hydrogen) atoms. The van der Waals surface area contributed by atoms with E-state index in [1.54, 1.807) is 0 Å². The van der Waals surface area contributed by atoms with Crippen molar-refractivity contribution >= 4 is 12.3 Å². The number of nitrogens with one attached hydrogen (secondary N) is 1. The zero-order valence-electron chi connectivity index (χ0n) is 10.9. The second-order valence-corrected chi connectivity index (χ2v) is 4.91. The molecule has 1 aromatic carbocycles. The summed E-state index contributed by atoms with van der Waals surface area (Å²) in [5.41, 5.74) is 1.12. The summed E-state index contributed by atoms with van der Waals surface area (Å²) < 4.78 is 5.14. The highest BCUT2D eigenvalue weighted by Crippen LogP contribution is 2.19. The number of hydrogen-bond donors (Lipinski definition) is 1. The molecule has 2 atom stereocenters. The third-order valence-electron chi connectivity index (χ3n) is 3.53. The Morgan fingerprint density at radius 1 is 1.37 bits per heavy atom. The standard InChI is InChI=1S/C15H19NO3/c17-11-19-14(8-12-4-2-1-3-5-12)9-13-6-7-16-10-15(13)18/h1-5,11,13-14,16H,6-10H2. The third kappa shape index (κ3) is 4.17. The van der Waals surface area contributed by atoms with Gasteiger partial charge >= 0.3 is 0 Å². The lowest BCUT2D eigenvalue weighted by Gasteiger charge is -2.25. The Labute approximate surface area is 113 Å². The SMILES string of the molecule is O=COC(Cc1ccccc1)CC1CCNCC1=O. The van der Waals surface area contributed by atoms with E-state index in [1.165, 1.54) is 0 Å². The highest BCUT2D eigenvalue weighted by molar-refractivity contribution is 5.83. The minimum absolute atomic E-state index is 0.00918. The minimum atomic E-state index is -0.216. The molecule has 4 heteroatoms. The fraction of sp³-hybridized carbons (Fsp3) is 0.467. The van der Waals surface area contributed by atoms with Crippen LogP contribution in [0.5, 0.6) is 0 Å². The molecule has 0 aliphatic carbocycles. The maximum atomic E-state index is 11.8. The Morgan fingerprint density at radius 3 is 2.84 bits per heavy atom. The van der Waals surface area contributed by atoms with Crippen LogP contribution in [0.2, 0.25) is 0 Å². The molecule has 1 fully saturated rings. The Morgan fingerprint density at radius 2 is 2.16 bits per heavy atom. The molecule has 0 amide bonds. The van der Waals surface area contributed by atoms with E-state index >= 15 is 0 Å². The second kappa shape index (κ2) is 7.04. The molecule has 1 aromatic rings. The summed E-state index contributed by atoms with van der Waals surface area (Å²) in [7, 11) is 0. The van der Waals surface area contributed by atoms with Gasteiger partial charge in [0, 0.05) is 12.3 Å². The molecule has 1 aliphatic rings. The van der Waals surface area contributed by atoms with Crippen molar-refractivity contribution in [3.8, 4) is 0 Å². The number of hydrogen-bond acceptors (Lipinski definition) is 4. The Bertz CT molecular complexity index is 419. The van der Waals surface area contributed by atoms with E-state index in [9.17, 15) is 9.59 Å². The van der Waals surface area contributed by atoms with Gasteiger partial charge in [-0.15, -0.1) is 0 Å². The normalized spacial score (nSPS) is 20.8. The van der Waals surface area contributed by atoms with E-state index in [2.05, 4.69) is 5.32 Å². The van der Waals surface area contributed by atoms with Gasteiger partial charge in [0.25, 0.3) is 6.47 Å². The first-order valence-electron chi connectivity index (χ1n) is 6.66. The quantitative estimate of drug-likeness (QED) is 0.785. The van der Waals surface area contributed by atoms with Gasteiger partial charge in [-0.25, -0.2) is 0 Å². The van der Waals surface area contributed by atoms with Crippen molar-refractivity contribution in [2.45, 2.75) is 25.4 Å². The molecule has 0 aromatic heterocycles.